The van der Waals surface area contributed by atoms with E-state index in [1.165, 1.54) is 18.2 Å². The van der Waals surface area contributed by atoms with Crippen LogP contribution in [0.25, 0.3) is 11.0 Å². The van der Waals surface area contributed by atoms with Crippen LogP contribution >= 0.6 is 11.6 Å². The topological polar surface area (TPSA) is 68.5 Å². The number of hydrogen-bond donors (Lipinski definition) is 1. The number of rotatable bonds is 4. The van der Waals surface area contributed by atoms with Gasteiger partial charge < -0.3 is 14.5 Å². The summed E-state index contributed by atoms with van der Waals surface area (Å²) in [6.07, 6.45) is -0.856. The highest BCUT2D eigenvalue weighted by Crippen LogP contribution is 2.25. The number of amides is 1. The van der Waals surface area contributed by atoms with Crippen molar-refractivity contribution in [3.05, 3.63) is 69.3 Å². The van der Waals surface area contributed by atoms with Gasteiger partial charge in [0.2, 0.25) is 0 Å². The molecule has 0 bridgehead atoms. The van der Waals surface area contributed by atoms with E-state index >= 15 is 0 Å². The Kier molecular flexibility index (Phi) is 4.95. The van der Waals surface area contributed by atoms with Crippen molar-refractivity contribution in [2.24, 2.45) is 0 Å². The first-order valence-corrected chi connectivity index (χ1v) is 8.18. The molecular formula is C19H15ClFNO4. The van der Waals surface area contributed by atoms with Crippen molar-refractivity contribution in [2.45, 2.75) is 20.0 Å². The molecule has 1 unspecified atom stereocenters. The molecule has 2 aromatic carbocycles. The number of anilines is 1. The van der Waals surface area contributed by atoms with Gasteiger partial charge in [-0.3, -0.25) is 4.79 Å². The summed E-state index contributed by atoms with van der Waals surface area (Å²) in [6, 6.07) is 10.1. The van der Waals surface area contributed by atoms with Crippen LogP contribution in [0, 0.1) is 12.7 Å². The predicted molar refractivity (Wildman–Crippen MR) is 97.4 cm³/mol. The summed E-state index contributed by atoms with van der Waals surface area (Å²) in [5.41, 5.74) is 0.999. The van der Waals surface area contributed by atoms with Gasteiger partial charge in [0.25, 0.3) is 5.91 Å². The van der Waals surface area contributed by atoms with Gasteiger partial charge in [0.05, 0.1) is 10.7 Å². The minimum Gasteiger partial charge on any atom is -0.481 e. The fraction of sp³-hybridized carbons (Fsp3) is 0.158. The van der Waals surface area contributed by atoms with E-state index in [2.05, 4.69) is 5.32 Å². The number of carbonyl (C=O) groups is 1. The Hall–Kier alpha value is -2.86. The molecule has 1 amide bonds. The molecule has 0 saturated carbocycles. The molecule has 0 aliphatic heterocycles. The van der Waals surface area contributed by atoms with E-state index in [9.17, 15) is 14.0 Å². The highest BCUT2D eigenvalue weighted by molar-refractivity contribution is 6.33. The molecule has 7 heteroatoms. The minimum absolute atomic E-state index is 0.0912. The average Bonchev–Trinajstić information content (AvgIpc) is 2.56. The molecule has 0 aliphatic rings. The fourth-order valence-corrected chi connectivity index (χ4v) is 2.68. The third-order valence-electron chi connectivity index (χ3n) is 3.79. The number of fused-ring (bicyclic) bond motifs is 1. The van der Waals surface area contributed by atoms with Gasteiger partial charge in [0, 0.05) is 17.5 Å². The number of benzene rings is 2. The van der Waals surface area contributed by atoms with Crippen LogP contribution in [0.4, 0.5) is 10.1 Å². The van der Waals surface area contributed by atoms with Crippen molar-refractivity contribution >= 4 is 34.2 Å². The largest absolute Gasteiger partial charge is 0.481 e. The predicted octanol–water partition coefficient (Wildman–Crippen LogP) is 4.30. The Morgan fingerprint density at radius 1 is 1.23 bits per heavy atom. The lowest BCUT2D eigenvalue weighted by Crippen LogP contribution is -2.30. The maximum absolute atomic E-state index is 13.1. The summed E-state index contributed by atoms with van der Waals surface area (Å²) in [5.74, 6) is -0.575. The van der Waals surface area contributed by atoms with Gasteiger partial charge in [-0.2, -0.15) is 0 Å². The molecule has 134 valence electrons. The minimum atomic E-state index is -0.856. The maximum atomic E-state index is 13.1. The summed E-state index contributed by atoms with van der Waals surface area (Å²) in [6.45, 7) is 3.37. The Bertz CT molecular complexity index is 1050. The average molecular weight is 376 g/mol. The van der Waals surface area contributed by atoms with Gasteiger partial charge in [-0.25, -0.2) is 9.18 Å². The molecule has 0 radical (unpaired) electrons. The zero-order chi connectivity index (χ0) is 18.8. The quantitative estimate of drug-likeness (QED) is 0.690. The Morgan fingerprint density at radius 3 is 2.73 bits per heavy atom. The van der Waals surface area contributed by atoms with Crippen molar-refractivity contribution in [1.29, 1.82) is 0 Å². The number of carbonyl (C=O) groups excluding carboxylic acids is 1. The van der Waals surface area contributed by atoms with Crippen molar-refractivity contribution < 1.29 is 18.3 Å². The highest BCUT2D eigenvalue weighted by atomic mass is 35.5. The second-order valence-electron chi connectivity index (χ2n) is 5.78. The van der Waals surface area contributed by atoms with E-state index in [0.29, 0.717) is 11.3 Å². The number of aryl methyl sites for hydroxylation is 1. The Labute approximate surface area is 153 Å². The Balaban J connectivity index is 1.76. The molecule has 5 nitrogen and oxygen atoms in total. The summed E-state index contributed by atoms with van der Waals surface area (Å²) in [4.78, 5) is 23.8. The number of halogens is 2. The van der Waals surface area contributed by atoms with Crippen LogP contribution in [0.1, 0.15) is 12.5 Å². The molecule has 26 heavy (non-hydrogen) atoms. The van der Waals surface area contributed by atoms with Crippen molar-refractivity contribution in [1.82, 2.24) is 0 Å². The number of ether oxygens (including phenoxy) is 1. The van der Waals surface area contributed by atoms with Gasteiger partial charge in [-0.05, 0) is 49.7 Å². The van der Waals surface area contributed by atoms with Crippen LogP contribution in [-0.2, 0) is 4.79 Å². The summed E-state index contributed by atoms with van der Waals surface area (Å²) in [5, 5.41) is 3.45. The normalized spacial score (nSPS) is 12.0. The molecule has 3 rings (SSSR count). The summed E-state index contributed by atoms with van der Waals surface area (Å²) < 4.78 is 23.8. The van der Waals surface area contributed by atoms with E-state index in [0.717, 1.165) is 17.0 Å². The van der Waals surface area contributed by atoms with E-state index in [1.54, 1.807) is 25.1 Å². The van der Waals surface area contributed by atoms with Gasteiger partial charge >= 0.3 is 5.63 Å². The monoisotopic (exact) mass is 375 g/mol. The van der Waals surface area contributed by atoms with E-state index < -0.39 is 23.5 Å². The van der Waals surface area contributed by atoms with E-state index in [4.69, 9.17) is 20.8 Å². The molecule has 3 aromatic rings. The molecule has 1 atom stereocenters. The van der Waals surface area contributed by atoms with Crippen LogP contribution < -0.4 is 15.7 Å². The second-order valence-corrected chi connectivity index (χ2v) is 6.19. The second kappa shape index (κ2) is 7.17. The van der Waals surface area contributed by atoms with Gasteiger partial charge in [-0.15, -0.1) is 0 Å². The third kappa shape index (κ3) is 3.86. The third-order valence-corrected chi connectivity index (χ3v) is 4.11. The first kappa shape index (κ1) is 17.9. The lowest BCUT2D eigenvalue weighted by atomic mass is 10.1. The lowest BCUT2D eigenvalue weighted by Gasteiger charge is -2.15. The molecule has 1 N–H and O–H groups in total. The highest BCUT2D eigenvalue weighted by Gasteiger charge is 2.17. The molecule has 0 spiro atoms. The smallest absolute Gasteiger partial charge is 0.336 e. The molecule has 1 heterocycles. The molecule has 0 fully saturated rings. The standard InChI is InChI=1S/C19H15ClFNO4/c1-10-7-18(23)26-17-9-13(4-5-14(10)17)25-11(2)19(24)22-16-6-3-12(21)8-15(16)20/h3-9,11H,1-2H3,(H,22,24). The van der Waals surface area contributed by atoms with E-state index in [1.807, 2.05) is 6.92 Å². The summed E-state index contributed by atoms with van der Waals surface area (Å²) in [7, 11) is 0. The maximum Gasteiger partial charge on any atom is 0.336 e. The zero-order valence-corrected chi connectivity index (χ0v) is 14.8. The first-order chi connectivity index (χ1) is 12.3. The molecule has 0 aliphatic carbocycles. The first-order valence-electron chi connectivity index (χ1n) is 7.80. The SMILES string of the molecule is Cc1cc(=O)oc2cc(OC(C)C(=O)Nc3ccc(F)cc3Cl)ccc12. The lowest BCUT2D eigenvalue weighted by molar-refractivity contribution is -0.122. The van der Waals surface area contributed by atoms with Crippen molar-refractivity contribution in [2.75, 3.05) is 5.32 Å². The van der Waals surface area contributed by atoms with Crippen LogP contribution in [0.2, 0.25) is 5.02 Å². The van der Waals surface area contributed by atoms with Gasteiger partial charge in [0.1, 0.15) is 17.1 Å². The van der Waals surface area contributed by atoms with Crippen LogP contribution in [0.15, 0.2) is 51.7 Å². The van der Waals surface area contributed by atoms with E-state index in [-0.39, 0.29) is 10.7 Å². The summed E-state index contributed by atoms with van der Waals surface area (Å²) >= 11 is 5.90. The molecular weight excluding hydrogens is 361 g/mol. The molecule has 1 aromatic heterocycles. The fourth-order valence-electron chi connectivity index (χ4n) is 2.46. The van der Waals surface area contributed by atoms with Crippen LogP contribution in [0.5, 0.6) is 5.75 Å². The zero-order valence-electron chi connectivity index (χ0n) is 14.0. The molecule has 0 saturated heterocycles. The van der Waals surface area contributed by atoms with Crippen LogP contribution in [0.3, 0.4) is 0 Å². The van der Waals surface area contributed by atoms with Crippen molar-refractivity contribution in [3.63, 3.8) is 0 Å². The van der Waals surface area contributed by atoms with Crippen molar-refractivity contribution in [3.8, 4) is 5.75 Å². The number of nitrogens with one attached hydrogen (secondary N) is 1. The van der Waals surface area contributed by atoms with Crippen LogP contribution in [-0.4, -0.2) is 12.0 Å². The van der Waals surface area contributed by atoms with Gasteiger partial charge in [-0.1, -0.05) is 11.6 Å². The number of hydrogen-bond acceptors (Lipinski definition) is 4. The van der Waals surface area contributed by atoms with Gasteiger partial charge in [0.15, 0.2) is 6.10 Å². The Morgan fingerprint density at radius 2 is 2.00 bits per heavy atom.